The normalized spacial score (nSPS) is 13.8. The first-order valence-electron chi connectivity index (χ1n) is 8.56. The van der Waals surface area contributed by atoms with Gasteiger partial charge in [-0.05, 0) is 64.5 Å². The van der Waals surface area contributed by atoms with Gasteiger partial charge in [-0.3, -0.25) is 10.1 Å². The van der Waals surface area contributed by atoms with Crippen molar-refractivity contribution in [3.63, 3.8) is 0 Å². The number of anilines is 2. The fourth-order valence-electron chi connectivity index (χ4n) is 2.82. The zero-order chi connectivity index (χ0) is 20.1. The number of nitrogens with one attached hydrogen (secondary N) is 2. The minimum absolute atomic E-state index is 0.189. The molecule has 0 aromatic heterocycles. The van der Waals surface area contributed by atoms with Gasteiger partial charge in [0.15, 0.2) is 5.11 Å². The number of thiocarbonyl (C=S) groups is 1. The average molecular weight is 485 g/mol. The Bertz CT molecular complexity index is 891. The zero-order valence-corrected chi connectivity index (χ0v) is 18.3. The van der Waals surface area contributed by atoms with Crippen LogP contribution in [0.4, 0.5) is 11.4 Å². The molecule has 0 radical (unpaired) electrons. The third-order valence-corrected chi connectivity index (χ3v) is 5.26. The first-order chi connectivity index (χ1) is 13.5. The van der Waals surface area contributed by atoms with Crippen LogP contribution < -0.4 is 20.3 Å². The van der Waals surface area contributed by atoms with E-state index in [1.165, 1.54) is 0 Å². The summed E-state index contributed by atoms with van der Waals surface area (Å²) in [6, 6.07) is 10.6. The third kappa shape index (κ3) is 5.14. The van der Waals surface area contributed by atoms with Crippen molar-refractivity contribution in [2.45, 2.75) is 0 Å². The van der Waals surface area contributed by atoms with Crippen LogP contribution in [0, 0.1) is 0 Å². The maximum absolute atomic E-state index is 12.5. The van der Waals surface area contributed by atoms with E-state index in [1.807, 2.05) is 12.1 Å². The smallest absolute Gasteiger partial charge is 0.257 e. The summed E-state index contributed by atoms with van der Waals surface area (Å²) < 4.78 is 11.3. The number of ether oxygens (including phenoxy) is 2. The molecule has 3 rings (SSSR count). The average Bonchev–Trinajstić information content (AvgIpc) is 2.68. The number of benzene rings is 2. The second kappa shape index (κ2) is 9.56. The van der Waals surface area contributed by atoms with Crippen molar-refractivity contribution >= 4 is 62.1 Å². The van der Waals surface area contributed by atoms with Crippen LogP contribution in [0.5, 0.6) is 5.75 Å². The largest absolute Gasteiger partial charge is 0.496 e. The molecule has 2 aromatic rings. The molecule has 1 fully saturated rings. The predicted octanol–water partition coefficient (Wildman–Crippen LogP) is 4.07. The van der Waals surface area contributed by atoms with Crippen LogP contribution in [0.3, 0.4) is 0 Å². The molecule has 2 N–H and O–H groups in total. The van der Waals surface area contributed by atoms with E-state index >= 15 is 0 Å². The lowest BCUT2D eigenvalue weighted by Crippen LogP contribution is -2.38. The van der Waals surface area contributed by atoms with Crippen molar-refractivity contribution in [3.05, 3.63) is 51.5 Å². The monoisotopic (exact) mass is 483 g/mol. The fraction of sp³-hybridized carbons (Fsp3) is 0.263. The minimum atomic E-state index is -0.323. The van der Waals surface area contributed by atoms with Crippen LogP contribution in [-0.2, 0) is 4.74 Å². The lowest BCUT2D eigenvalue weighted by Gasteiger charge is -2.30. The summed E-state index contributed by atoms with van der Waals surface area (Å²) in [6.45, 7) is 2.87. The van der Waals surface area contributed by atoms with Crippen molar-refractivity contribution in [1.82, 2.24) is 5.32 Å². The molecule has 0 saturated carbocycles. The molecule has 6 nitrogen and oxygen atoms in total. The molecule has 28 heavy (non-hydrogen) atoms. The molecule has 0 atom stereocenters. The topological polar surface area (TPSA) is 62.8 Å². The molecule has 1 saturated heterocycles. The first kappa shape index (κ1) is 20.9. The van der Waals surface area contributed by atoms with Gasteiger partial charge in [0.25, 0.3) is 5.91 Å². The predicted molar refractivity (Wildman–Crippen MR) is 119 cm³/mol. The molecular weight excluding hydrogens is 466 g/mol. The molecular formula is C19H19BrClN3O3S. The number of hydrogen-bond donors (Lipinski definition) is 2. The van der Waals surface area contributed by atoms with Crippen LogP contribution in [0.15, 0.2) is 40.9 Å². The van der Waals surface area contributed by atoms with Crippen LogP contribution in [-0.4, -0.2) is 44.4 Å². The Hall–Kier alpha value is -1.87. The van der Waals surface area contributed by atoms with E-state index in [4.69, 9.17) is 33.3 Å². The van der Waals surface area contributed by atoms with E-state index < -0.39 is 0 Å². The Labute approximate surface area is 182 Å². The summed E-state index contributed by atoms with van der Waals surface area (Å²) in [5.74, 6) is 0.321. The van der Waals surface area contributed by atoms with E-state index in [1.54, 1.807) is 31.4 Å². The van der Waals surface area contributed by atoms with Gasteiger partial charge in [-0.15, -0.1) is 0 Å². The number of carbonyl (C=O) groups excluding carboxylic acids is 1. The number of rotatable bonds is 4. The molecule has 2 aromatic carbocycles. The summed E-state index contributed by atoms with van der Waals surface area (Å²) in [4.78, 5) is 14.7. The number of amides is 1. The molecule has 1 aliphatic rings. The molecule has 0 bridgehead atoms. The van der Waals surface area contributed by atoms with E-state index in [0.717, 1.165) is 24.5 Å². The molecule has 1 aliphatic heterocycles. The fourth-order valence-corrected chi connectivity index (χ4v) is 3.74. The van der Waals surface area contributed by atoms with Gasteiger partial charge in [-0.25, -0.2) is 0 Å². The second-order valence-electron chi connectivity index (χ2n) is 6.02. The number of methoxy groups -OCH3 is 1. The van der Waals surface area contributed by atoms with Crippen LogP contribution >= 0.6 is 39.7 Å². The summed E-state index contributed by atoms with van der Waals surface area (Å²) in [7, 11) is 1.57. The first-order valence-corrected chi connectivity index (χ1v) is 10.1. The highest BCUT2D eigenvalue weighted by atomic mass is 79.9. The number of hydrogen-bond acceptors (Lipinski definition) is 5. The van der Waals surface area contributed by atoms with Crippen LogP contribution in [0.25, 0.3) is 0 Å². The van der Waals surface area contributed by atoms with Gasteiger partial charge >= 0.3 is 0 Å². The number of morpholine rings is 1. The Morgan fingerprint density at radius 3 is 2.68 bits per heavy atom. The maximum atomic E-state index is 12.5. The summed E-state index contributed by atoms with van der Waals surface area (Å²) in [6.07, 6.45) is 0. The van der Waals surface area contributed by atoms with Crippen molar-refractivity contribution in [3.8, 4) is 5.75 Å². The van der Waals surface area contributed by atoms with Crippen LogP contribution in [0.2, 0.25) is 5.02 Å². The van der Waals surface area contributed by atoms with Gasteiger partial charge in [0.2, 0.25) is 0 Å². The van der Waals surface area contributed by atoms with Gasteiger partial charge in [-0.1, -0.05) is 11.6 Å². The standard InChI is InChI=1S/C19H19BrClN3O3S/c1-26-17-5-2-12(10-14(17)20)18(25)23-19(28)22-15-11-13(21)3-4-16(15)24-6-8-27-9-7-24/h2-5,10-11H,6-9H2,1H3,(H2,22,23,25,28). The lowest BCUT2D eigenvalue weighted by molar-refractivity contribution is 0.0977. The van der Waals surface area contributed by atoms with Crippen molar-refractivity contribution in [2.24, 2.45) is 0 Å². The van der Waals surface area contributed by atoms with Gasteiger partial charge in [0.05, 0.1) is 36.2 Å². The molecule has 0 aliphatic carbocycles. The minimum Gasteiger partial charge on any atom is -0.496 e. The quantitative estimate of drug-likeness (QED) is 0.638. The van der Waals surface area contributed by atoms with Gasteiger partial charge < -0.3 is 19.7 Å². The summed E-state index contributed by atoms with van der Waals surface area (Å²) in [5, 5.41) is 6.54. The van der Waals surface area contributed by atoms with E-state index in [-0.39, 0.29) is 11.0 Å². The lowest BCUT2D eigenvalue weighted by atomic mass is 10.2. The molecule has 1 amide bonds. The Kier molecular flexibility index (Phi) is 7.12. The van der Waals surface area contributed by atoms with E-state index in [0.29, 0.717) is 34.0 Å². The zero-order valence-electron chi connectivity index (χ0n) is 15.1. The summed E-state index contributed by atoms with van der Waals surface area (Å²) in [5.41, 5.74) is 2.14. The highest BCUT2D eigenvalue weighted by Crippen LogP contribution is 2.30. The number of halogens is 2. The Balaban J connectivity index is 1.71. The SMILES string of the molecule is COc1ccc(C(=O)NC(=S)Nc2cc(Cl)ccc2N2CCOCC2)cc1Br. The van der Waals surface area contributed by atoms with E-state index in [9.17, 15) is 4.79 Å². The van der Waals surface area contributed by atoms with Crippen molar-refractivity contribution in [1.29, 1.82) is 0 Å². The highest BCUT2D eigenvalue weighted by molar-refractivity contribution is 9.10. The third-order valence-electron chi connectivity index (χ3n) is 4.20. The van der Waals surface area contributed by atoms with Gasteiger partial charge in [0.1, 0.15) is 5.75 Å². The number of carbonyl (C=O) groups is 1. The van der Waals surface area contributed by atoms with Gasteiger partial charge in [-0.2, -0.15) is 0 Å². The molecule has 0 unspecified atom stereocenters. The number of nitrogens with zero attached hydrogens (tertiary/aromatic N) is 1. The highest BCUT2D eigenvalue weighted by Gasteiger charge is 2.17. The Morgan fingerprint density at radius 1 is 1.25 bits per heavy atom. The van der Waals surface area contributed by atoms with Crippen molar-refractivity contribution in [2.75, 3.05) is 43.6 Å². The Morgan fingerprint density at radius 2 is 2.00 bits per heavy atom. The molecule has 0 spiro atoms. The van der Waals surface area contributed by atoms with E-state index in [2.05, 4.69) is 31.5 Å². The second-order valence-corrected chi connectivity index (χ2v) is 7.72. The molecule has 148 valence electrons. The molecule has 1 heterocycles. The maximum Gasteiger partial charge on any atom is 0.257 e. The summed E-state index contributed by atoms with van der Waals surface area (Å²) >= 11 is 14.9. The van der Waals surface area contributed by atoms with Crippen LogP contribution in [0.1, 0.15) is 10.4 Å². The molecule has 9 heteroatoms. The van der Waals surface area contributed by atoms with Crippen molar-refractivity contribution < 1.29 is 14.3 Å². The van der Waals surface area contributed by atoms with Gasteiger partial charge in [0, 0.05) is 23.7 Å².